The highest BCUT2D eigenvalue weighted by molar-refractivity contribution is 6.09. The summed E-state index contributed by atoms with van der Waals surface area (Å²) < 4.78 is 4.80. The molecule has 2 amide bonds. The summed E-state index contributed by atoms with van der Waals surface area (Å²) in [5, 5.41) is 15.0. The molecule has 9 heteroatoms. The molecular formula is C18H22N4O5. The van der Waals surface area contributed by atoms with Gasteiger partial charge in [-0.1, -0.05) is 12.1 Å². The number of para-hydroxylation sites is 2. The van der Waals surface area contributed by atoms with Gasteiger partial charge in [0.1, 0.15) is 5.70 Å². The van der Waals surface area contributed by atoms with Crippen molar-refractivity contribution in [2.75, 3.05) is 56.7 Å². The highest BCUT2D eigenvalue weighted by Gasteiger charge is 2.35. The number of hydrogen-bond acceptors (Lipinski definition) is 7. The van der Waals surface area contributed by atoms with Gasteiger partial charge in [0.25, 0.3) is 5.91 Å². The zero-order valence-electron chi connectivity index (χ0n) is 15.0. The Morgan fingerprint density at radius 3 is 2.78 bits per heavy atom. The van der Waals surface area contributed by atoms with E-state index in [0.29, 0.717) is 18.8 Å². The zero-order valence-corrected chi connectivity index (χ0v) is 15.0. The summed E-state index contributed by atoms with van der Waals surface area (Å²) in [6, 6.07) is 7.28. The van der Waals surface area contributed by atoms with Crippen molar-refractivity contribution in [3.05, 3.63) is 35.5 Å². The van der Waals surface area contributed by atoms with E-state index >= 15 is 0 Å². The van der Waals surface area contributed by atoms with Crippen LogP contribution in [0.2, 0.25) is 0 Å². The van der Waals surface area contributed by atoms with Crippen LogP contribution >= 0.6 is 0 Å². The van der Waals surface area contributed by atoms with Crippen LogP contribution in [0, 0.1) is 0 Å². The average molecular weight is 374 g/mol. The van der Waals surface area contributed by atoms with Crippen LogP contribution in [0.5, 0.6) is 0 Å². The number of nitrogens with one attached hydrogen (secondary N) is 2. The number of carbonyl (C=O) groups is 3. The minimum absolute atomic E-state index is 0.0721. The molecule has 27 heavy (non-hydrogen) atoms. The lowest BCUT2D eigenvalue weighted by Crippen LogP contribution is -2.47. The van der Waals surface area contributed by atoms with Gasteiger partial charge in [-0.25, -0.2) is 4.79 Å². The molecule has 3 N–H and O–H groups in total. The van der Waals surface area contributed by atoms with Gasteiger partial charge in [-0.15, -0.1) is 0 Å². The Kier molecular flexibility index (Phi) is 5.60. The smallest absolute Gasteiger partial charge is 0.337 e. The number of anilines is 2. The second-order valence-electron chi connectivity index (χ2n) is 6.21. The number of piperazine rings is 1. The third-order valence-corrected chi connectivity index (χ3v) is 4.50. The minimum atomic E-state index is -0.596. The van der Waals surface area contributed by atoms with E-state index in [4.69, 9.17) is 9.84 Å². The number of esters is 1. The molecule has 2 aliphatic rings. The van der Waals surface area contributed by atoms with Gasteiger partial charge >= 0.3 is 5.97 Å². The van der Waals surface area contributed by atoms with Crippen molar-refractivity contribution in [1.29, 1.82) is 0 Å². The summed E-state index contributed by atoms with van der Waals surface area (Å²) >= 11 is 0. The number of methoxy groups -OCH3 is 1. The first-order valence-electron chi connectivity index (χ1n) is 8.64. The van der Waals surface area contributed by atoms with E-state index < -0.39 is 5.97 Å². The van der Waals surface area contributed by atoms with Crippen LogP contribution in [0.1, 0.15) is 0 Å². The van der Waals surface area contributed by atoms with Gasteiger partial charge in [-0.05, 0) is 12.1 Å². The second kappa shape index (κ2) is 8.09. The predicted molar refractivity (Wildman–Crippen MR) is 98.0 cm³/mol. The van der Waals surface area contributed by atoms with Gasteiger partial charge in [0.15, 0.2) is 0 Å². The van der Waals surface area contributed by atoms with E-state index in [1.165, 1.54) is 12.0 Å². The number of ether oxygens (including phenoxy) is 1. The van der Waals surface area contributed by atoms with Gasteiger partial charge in [0, 0.05) is 19.6 Å². The third kappa shape index (κ3) is 3.87. The Bertz CT molecular complexity index is 792. The molecular weight excluding hydrogens is 352 g/mol. The van der Waals surface area contributed by atoms with Crippen LogP contribution in [0.25, 0.3) is 0 Å². The molecule has 0 unspecified atom stereocenters. The summed E-state index contributed by atoms with van der Waals surface area (Å²) in [7, 11) is 1.26. The molecule has 144 valence electrons. The molecule has 0 aromatic heterocycles. The molecule has 2 heterocycles. The molecule has 1 fully saturated rings. The Morgan fingerprint density at radius 1 is 1.30 bits per heavy atom. The van der Waals surface area contributed by atoms with Crippen LogP contribution in [0.15, 0.2) is 35.5 Å². The summed E-state index contributed by atoms with van der Waals surface area (Å²) in [5.41, 5.74) is 1.71. The van der Waals surface area contributed by atoms with Gasteiger partial charge in [-0.2, -0.15) is 0 Å². The molecule has 2 aliphatic heterocycles. The van der Waals surface area contributed by atoms with E-state index in [1.54, 1.807) is 12.1 Å². The van der Waals surface area contributed by atoms with E-state index in [-0.39, 0.29) is 49.3 Å². The number of benzene rings is 1. The first-order chi connectivity index (χ1) is 13.0. The molecule has 0 bridgehead atoms. The second-order valence-corrected chi connectivity index (χ2v) is 6.21. The van der Waals surface area contributed by atoms with Crippen molar-refractivity contribution in [3.63, 3.8) is 0 Å². The Balaban J connectivity index is 1.92. The molecule has 3 rings (SSSR count). The van der Waals surface area contributed by atoms with Crippen molar-refractivity contribution in [2.45, 2.75) is 0 Å². The number of aliphatic hydroxyl groups excluding tert-OH is 1. The maximum absolute atomic E-state index is 12.7. The standard InChI is InChI=1S/C18H22N4O5/c1-27-18(26)12-10-22(8-9-23)17(25)16(12)20-13-4-2-3-5-14(13)21-7-6-19-15(24)11-21/h2-5,20,23H,6-11H2,1H3,(H,19,24). The van der Waals surface area contributed by atoms with Crippen molar-refractivity contribution in [1.82, 2.24) is 10.2 Å². The van der Waals surface area contributed by atoms with Crippen molar-refractivity contribution in [2.24, 2.45) is 0 Å². The third-order valence-electron chi connectivity index (χ3n) is 4.50. The van der Waals surface area contributed by atoms with E-state index in [9.17, 15) is 14.4 Å². The number of carbonyl (C=O) groups excluding carboxylic acids is 3. The number of hydrogen-bond donors (Lipinski definition) is 3. The molecule has 1 saturated heterocycles. The Hall–Kier alpha value is -3.07. The molecule has 0 atom stereocenters. The van der Waals surface area contributed by atoms with Crippen LogP contribution in [-0.4, -0.2) is 74.2 Å². The lowest BCUT2D eigenvalue weighted by Gasteiger charge is -2.30. The number of amides is 2. The highest BCUT2D eigenvalue weighted by Crippen LogP contribution is 2.30. The van der Waals surface area contributed by atoms with Crippen LogP contribution < -0.4 is 15.5 Å². The first-order valence-corrected chi connectivity index (χ1v) is 8.64. The number of rotatable bonds is 6. The monoisotopic (exact) mass is 374 g/mol. The lowest BCUT2D eigenvalue weighted by atomic mass is 10.2. The SMILES string of the molecule is COC(=O)C1=C(Nc2ccccc2N2CCNC(=O)C2)C(=O)N(CCO)C1. The van der Waals surface area contributed by atoms with E-state index in [0.717, 1.165) is 5.69 Å². The summed E-state index contributed by atoms with van der Waals surface area (Å²) in [4.78, 5) is 39.8. The Morgan fingerprint density at radius 2 is 2.07 bits per heavy atom. The number of β-amino-alcohol motifs (C(OH)–C–C–N with tert-alkyl or cyclic N) is 1. The van der Waals surface area contributed by atoms with Gasteiger partial charge in [0.2, 0.25) is 5.91 Å². The normalized spacial score (nSPS) is 17.3. The lowest BCUT2D eigenvalue weighted by molar-refractivity contribution is -0.136. The van der Waals surface area contributed by atoms with Crippen LogP contribution in [0.4, 0.5) is 11.4 Å². The Labute approximate surface area is 156 Å². The average Bonchev–Trinajstić information content (AvgIpc) is 2.98. The van der Waals surface area contributed by atoms with Crippen LogP contribution in [-0.2, 0) is 19.1 Å². The fraction of sp³-hybridized carbons (Fsp3) is 0.389. The number of nitrogens with zero attached hydrogens (tertiary/aromatic N) is 2. The number of aliphatic hydroxyl groups is 1. The minimum Gasteiger partial charge on any atom is -0.466 e. The highest BCUT2D eigenvalue weighted by atomic mass is 16.5. The predicted octanol–water partition coefficient (Wildman–Crippen LogP) is -0.704. The fourth-order valence-electron chi connectivity index (χ4n) is 3.18. The molecule has 9 nitrogen and oxygen atoms in total. The molecule has 0 spiro atoms. The summed E-state index contributed by atoms with van der Waals surface area (Å²) in [6.07, 6.45) is 0. The van der Waals surface area contributed by atoms with Crippen molar-refractivity contribution < 1.29 is 24.2 Å². The van der Waals surface area contributed by atoms with E-state index in [2.05, 4.69) is 10.6 Å². The topological polar surface area (TPSA) is 111 Å². The van der Waals surface area contributed by atoms with Crippen molar-refractivity contribution in [3.8, 4) is 0 Å². The largest absolute Gasteiger partial charge is 0.466 e. The maximum atomic E-state index is 12.7. The quantitative estimate of drug-likeness (QED) is 0.565. The van der Waals surface area contributed by atoms with Gasteiger partial charge in [-0.3, -0.25) is 9.59 Å². The molecule has 1 aromatic rings. The van der Waals surface area contributed by atoms with E-state index in [1.807, 2.05) is 17.0 Å². The summed E-state index contributed by atoms with van der Waals surface area (Å²) in [5.74, 6) is -1.05. The van der Waals surface area contributed by atoms with Gasteiger partial charge < -0.3 is 30.3 Å². The summed E-state index contributed by atoms with van der Waals surface area (Å²) in [6.45, 7) is 1.38. The molecule has 0 aliphatic carbocycles. The fourth-order valence-corrected chi connectivity index (χ4v) is 3.18. The van der Waals surface area contributed by atoms with Gasteiger partial charge in [0.05, 0.1) is 43.8 Å². The molecule has 0 radical (unpaired) electrons. The van der Waals surface area contributed by atoms with Crippen molar-refractivity contribution >= 4 is 29.2 Å². The first kappa shape index (κ1) is 18.7. The zero-order chi connectivity index (χ0) is 19.4. The maximum Gasteiger partial charge on any atom is 0.337 e. The molecule has 1 aromatic carbocycles. The molecule has 0 saturated carbocycles. The van der Waals surface area contributed by atoms with Crippen LogP contribution in [0.3, 0.4) is 0 Å².